The molecule has 0 saturated heterocycles. The van der Waals surface area contributed by atoms with Crippen molar-refractivity contribution in [2.75, 3.05) is 27.6 Å². The molecule has 6 heteroatoms. The minimum absolute atomic E-state index is 0.259. The summed E-state index contributed by atoms with van der Waals surface area (Å²) in [6.07, 6.45) is -0.454. The number of nitrogens with zero attached hydrogens (tertiary/aromatic N) is 1. The molecule has 0 fully saturated rings. The summed E-state index contributed by atoms with van der Waals surface area (Å²) in [5, 5.41) is 9.94. The van der Waals surface area contributed by atoms with Crippen molar-refractivity contribution in [2.45, 2.75) is 26.1 Å². The van der Waals surface area contributed by atoms with E-state index in [1.54, 1.807) is 21.1 Å². The van der Waals surface area contributed by atoms with Crippen LogP contribution in [0.4, 0.5) is 0 Å². The fourth-order valence-electron chi connectivity index (χ4n) is 3.16. The standard InChI is InChI=1S/C20H25NO5/c1-14(22)10-21(11-15-7-8-19-20(9-15)26-13-25-19)12-16-17(23-2)5-4-6-18(16)24-3/h4-9,14,22H,10-13H2,1-3H3. The smallest absolute Gasteiger partial charge is 0.231 e. The van der Waals surface area contributed by atoms with Crippen molar-refractivity contribution in [1.82, 2.24) is 4.90 Å². The van der Waals surface area contributed by atoms with Crippen LogP contribution in [0.5, 0.6) is 23.0 Å². The van der Waals surface area contributed by atoms with Gasteiger partial charge in [0.15, 0.2) is 11.5 Å². The number of aliphatic hydroxyl groups is 1. The number of aliphatic hydroxyl groups excluding tert-OH is 1. The van der Waals surface area contributed by atoms with Crippen LogP contribution in [-0.2, 0) is 13.1 Å². The minimum atomic E-state index is -0.454. The molecule has 26 heavy (non-hydrogen) atoms. The molecular formula is C20H25NO5. The van der Waals surface area contributed by atoms with Gasteiger partial charge >= 0.3 is 0 Å². The Labute approximate surface area is 153 Å². The van der Waals surface area contributed by atoms with E-state index in [0.29, 0.717) is 19.6 Å². The van der Waals surface area contributed by atoms with Crippen LogP contribution in [0.3, 0.4) is 0 Å². The van der Waals surface area contributed by atoms with Gasteiger partial charge in [0.2, 0.25) is 6.79 Å². The maximum Gasteiger partial charge on any atom is 0.231 e. The van der Waals surface area contributed by atoms with Crippen LogP contribution in [0, 0.1) is 0 Å². The first-order valence-electron chi connectivity index (χ1n) is 8.59. The molecule has 1 aliphatic heterocycles. The van der Waals surface area contributed by atoms with Gasteiger partial charge in [-0.1, -0.05) is 12.1 Å². The highest BCUT2D eigenvalue weighted by molar-refractivity contribution is 5.46. The summed E-state index contributed by atoms with van der Waals surface area (Å²) in [5.74, 6) is 3.06. The van der Waals surface area contributed by atoms with E-state index < -0.39 is 6.10 Å². The fourth-order valence-corrected chi connectivity index (χ4v) is 3.16. The molecule has 0 saturated carbocycles. The summed E-state index contributed by atoms with van der Waals surface area (Å²) in [6, 6.07) is 11.6. The minimum Gasteiger partial charge on any atom is -0.496 e. The highest BCUT2D eigenvalue weighted by atomic mass is 16.7. The van der Waals surface area contributed by atoms with Crippen LogP contribution >= 0.6 is 0 Å². The van der Waals surface area contributed by atoms with Gasteiger partial charge in [-0.2, -0.15) is 0 Å². The molecule has 0 aromatic heterocycles. The third-order valence-electron chi connectivity index (χ3n) is 4.28. The number of hydrogen-bond acceptors (Lipinski definition) is 6. The summed E-state index contributed by atoms with van der Waals surface area (Å²) < 4.78 is 21.8. The van der Waals surface area contributed by atoms with E-state index >= 15 is 0 Å². The molecule has 2 aromatic rings. The van der Waals surface area contributed by atoms with E-state index in [9.17, 15) is 5.11 Å². The molecule has 1 aliphatic rings. The molecule has 1 atom stereocenters. The lowest BCUT2D eigenvalue weighted by Crippen LogP contribution is -2.30. The number of benzene rings is 2. The molecule has 1 unspecified atom stereocenters. The highest BCUT2D eigenvalue weighted by Gasteiger charge is 2.18. The van der Waals surface area contributed by atoms with Gasteiger partial charge in [-0.3, -0.25) is 4.90 Å². The van der Waals surface area contributed by atoms with E-state index in [2.05, 4.69) is 4.90 Å². The lowest BCUT2D eigenvalue weighted by Gasteiger charge is -2.26. The van der Waals surface area contributed by atoms with Crippen LogP contribution in [0.1, 0.15) is 18.1 Å². The summed E-state index contributed by atoms with van der Waals surface area (Å²) in [5.41, 5.74) is 2.04. The first-order valence-corrected chi connectivity index (χ1v) is 8.59. The first-order chi connectivity index (χ1) is 12.6. The van der Waals surface area contributed by atoms with Gasteiger partial charge in [0, 0.05) is 19.6 Å². The average molecular weight is 359 g/mol. The van der Waals surface area contributed by atoms with E-state index in [1.807, 2.05) is 36.4 Å². The molecule has 1 N–H and O–H groups in total. The van der Waals surface area contributed by atoms with E-state index in [1.165, 1.54) is 0 Å². The Morgan fingerprint density at radius 2 is 1.73 bits per heavy atom. The third-order valence-corrected chi connectivity index (χ3v) is 4.28. The second-order valence-corrected chi connectivity index (χ2v) is 6.35. The SMILES string of the molecule is COc1cccc(OC)c1CN(Cc1ccc2c(c1)OCO2)CC(C)O. The Morgan fingerprint density at radius 1 is 1.04 bits per heavy atom. The maximum absolute atomic E-state index is 9.94. The second-order valence-electron chi connectivity index (χ2n) is 6.35. The molecule has 0 spiro atoms. The van der Waals surface area contributed by atoms with E-state index in [0.717, 1.165) is 34.1 Å². The summed E-state index contributed by atoms with van der Waals surface area (Å²) >= 11 is 0. The van der Waals surface area contributed by atoms with Crippen LogP contribution in [0.15, 0.2) is 36.4 Å². The molecule has 140 valence electrons. The zero-order valence-electron chi connectivity index (χ0n) is 15.4. The quantitative estimate of drug-likeness (QED) is 0.782. The molecule has 0 radical (unpaired) electrons. The number of ether oxygens (including phenoxy) is 4. The van der Waals surface area contributed by atoms with Crippen molar-refractivity contribution in [1.29, 1.82) is 0 Å². The van der Waals surface area contributed by atoms with Crippen molar-refractivity contribution in [3.8, 4) is 23.0 Å². The molecule has 3 rings (SSSR count). The van der Waals surface area contributed by atoms with Crippen molar-refractivity contribution in [2.24, 2.45) is 0 Å². The van der Waals surface area contributed by atoms with Gasteiger partial charge in [0.25, 0.3) is 0 Å². The topological polar surface area (TPSA) is 60.4 Å². The normalized spacial score (nSPS) is 13.7. The fraction of sp³-hybridized carbons (Fsp3) is 0.400. The third kappa shape index (κ3) is 4.20. The van der Waals surface area contributed by atoms with Gasteiger partial charge in [0.05, 0.1) is 25.9 Å². The van der Waals surface area contributed by atoms with Gasteiger partial charge in [0.1, 0.15) is 11.5 Å². The van der Waals surface area contributed by atoms with E-state index in [-0.39, 0.29) is 6.79 Å². The zero-order chi connectivity index (χ0) is 18.5. The maximum atomic E-state index is 9.94. The van der Waals surface area contributed by atoms with Crippen molar-refractivity contribution in [3.05, 3.63) is 47.5 Å². The van der Waals surface area contributed by atoms with Crippen LogP contribution in [0.2, 0.25) is 0 Å². The molecule has 1 heterocycles. The number of fused-ring (bicyclic) bond motifs is 1. The summed E-state index contributed by atoms with van der Waals surface area (Å²) in [4.78, 5) is 2.16. The van der Waals surface area contributed by atoms with Gasteiger partial charge in [-0.05, 0) is 36.8 Å². The lowest BCUT2D eigenvalue weighted by atomic mass is 10.1. The Kier molecular flexibility index (Phi) is 5.85. The predicted octanol–water partition coefficient (Wildman–Crippen LogP) is 2.82. The Hall–Kier alpha value is -2.44. The number of methoxy groups -OCH3 is 2. The van der Waals surface area contributed by atoms with Gasteiger partial charge in [-0.15, -0.1) is 0 Å². The lowest BCUT2D eigenvalue weighted by molar-refractivity contribution is 0.117. The van der Waals surface area contributed by atoms with Crippen LogP contribution < -0.4 is 18.9 Å². The highest BCUT2D eigenvalue weighted by Crippen LogP contribution is 2.34. The molecule has 0 aliphatic carbocycles. The molecule has 6 nitrogen and oxygen atoms in total. The molecule has 0 bridgehead atoms. The molecular weight excluding hydrogens is 334 g/mol. The van der Waals surface area contributed by atoms with Gasteiger partial charge in [-0.25, -0.2) is 0 Å². The number of rotatable bonds is 8. The van der Waals surface area contributed by atoms with Gasteiger partial charge < -0.3 is 24.1 Å². The molecule has 2 aromatic carbocycles. The monoisotopic (exact) mass is 359 g/mol. The summed E-state index contributed by atoms with van der Waals surface area (Å²) in [7, 11) is 3.30. The van der Waals surface area contributed by atoms with Crippen molar-refractivity contribution >= 4 is 0 Å². The summed E-state index contributed by atoms with van der Waals surface area (Å²) in [6.45, 7) is 3.81. The predicted molar refractivity (Wildman–Crippen MR) is 97.9 cm³/mol. The zero-order valence-corrected chi connectivity index (χ0v) is 15.4. The largest absolute Gasteiger partial charge is 0.496 e. The van der Waals surface area contributed by atoms with E-state index in [4.69, 9.17) is 18.9 Å². The second kappa shape index (κ2) is 8.29. The van der Waals surface area contributed by atoms with Crippen molar-refractivity contribution in [3.63, 3.8) is 0 Å². The average Bonchev–Trinajstić information content (AvgIpc) is 3.09. The number of hydrogen-bond donors (Lipinski definition) is 1. The van der Waals surface area contributed by atoms with Crippen LogP contribution in [-0.4, -0.2) is 43.7 Å². The molecule has 0 amide bonds. The van der Waals surface area contributed by atoms with Crippen molar-refractivity contribution < 1.29 is 24.1 Å². The Bertz CT molecular complexity index is 725. The first kappa shape index (κ1) is 18.4. The Balaban J connectivity index is 1.83. The Morgan fingerprint density at radius 3 is 2.38 bits per heavy atom. The van der Waals surface area contributed by atoms with Crippen LogP contribution in [0.25, 0.3) is 0 Å².